The Hall–Kier alpha value is -0.930. The standard InChI is InChI=1S/C17H29N3/c1-12(2)16-11-20(17(9-19-16)13(3)4)10-15-8-18-7-6-14(15)5/h6-8,12-13,16-17,19H,9-11H2,1-5H3. The van der Waals surface area contributed by atoms with Gasteiger partial charge in [0, 0.05) is 44.1 Å². The van der Waals surface area contributed by atoms with Crippen molar-refractivity contribution in [1.29, 1.82) is 0 Å². The van der Waals surface area contributed by atoms with Crippen LogP contribution in [0.1, 0.15) is 38.8 Å². The Balaban J connectivity index is 2.13. The Morgan fingerprint density at radius 3 is 2.65 bits per heavy atom. The number of rotatable bonds is 4. The molecule has 2 unspecified atom stereocenters. The van der Waals surface area contributed by atoms with Gasteiger partial charge in [0.1, 0.15) is 0 Å². The summed E-state index contributed by atoms with van der Waals surface area (Å²) >= 11 is 0. The molecule has 1 aromatic heterocycles. The van der Waals surface area contributed by atoms with Crippen molar-refractivity contribution in [2.45, 2.75) is 53.2 Å². The fourth-order valence-electron chi connectivity index (χ4n) is 3.02. The Kier molecular flexibility index (Phi) is 5.17. The normalized spacial score (nSPS) is 24.6. The topological polar surface area (TPSA) is 28.2 Å². The van der Waals surface area contributed by atoms with Gasteiger partial charge in [0.05, 0.1) is 0 Å². The van der Waals surface area contributed by atoms with Gasteiger partial charge in [-0.1, -0.05) is 27.7 Å². The maximum atomic E-state index is 4.29. The first-order chi connectivity index (χ1) is 9.49. The number of aryl methyl sites for hydroxylation is 1. The molecule has 3 nitrogen and oxygen atoms in total. The van der Waals surface area contributed by atoms with Crippen LogP contribution in [0, 0.1) is 18.8 Å². The number of hydrogen-bond acceptors (Lipinski definition) is 3. The van der Waals surface area contributed by atoms with Crippen LogP contribution in [0.15, 0.2) is 18.5 Å². The molecular weight excluding hydrogens is 246 g/mol. The molecule has 0 bridgehead atoms. The molecule has 1 aliphatic rings. The molecule has 2 heterocycles. The van der Waals surface area contributed by atoms with E-state index in [4.69, 9.17) is 0 Å². The van der Waals surface area contributed by atoms with Crippen LogP contribution >= 0.6 is 0 Å². The molecule has 1 N–H and O–H groups in total. The van der Waals surface area contributed by atoms with Gasteiger partial charge in [-0.15, -0.1) is 0 Å². The van der Waals surface area contributed by atoms with E-state index >= 15 is 0 Å². The van der Waals surface area contributed by atoms with Crippen LogP contribution in [0.3, 0.4) is 0 Å². The Labute approximate surface area is 123 Å². The predicted octanol–water partition coefficient (Wildman–Crippen LogP) is 2.84. The zero-order chi connectivity index (χ0) is 14.7. The van der Waals surface area contributed by atoms with E-state index in [0.717, 1.165) is 19.6 Å². The van der Waals surface area contributed by atoms with Gasteiger partial charge < -0.3 is 5.32 Å². The highest BCUT2D eigenvalue weighted by molar-refractivity contribution is 5.21. The van der Waals surface area contributed by atoms with Crippen molar-refractivity contribution in [2.75, 3.05) is 13.1 Å². The molecule has 0 aliphatic carbocycles. The molecule has 1 fully saturated rings. The van der Waals surface area contributed by atoms with Crippen molar-refractivity contribution in [3.05, 3.63) is 29.6 Å². The van der Waals surface area contributed by atoms with E-state index < -0.39 is 0 Å². The molecule has 0 aromatic carbocycles. The molecule has 0 amide bonds. The van der Waals surface area contributed by atoms with E-state index in [2.05, 4.69) is 55.9 Å². The second-order valence-corrected chi connectivity index (χ2v) is 6.80. The summed E-state index contributed by atoms with van der Waals surface area (Å²) in [4.78, 5) is 6.94. The van der Waals surface area contributed by atoms with Crippen molar-refractivity contribution in [3.63, 3.8) is 0 Å². The van der Waals surface area contributed by atoms with Gasteiger partial charge in [-0.3, -0.25) is 9.88 Å². The highest BCUT2D eigenvalue weighted by Gasteiger charge is 2.31. The van der Waals surface area contributed by atoms with Gasteiger partial charge in [-0.2, -0.15) is 0 Å². The van der Waals surface area contributed by atoms with Crippen LogP contribution in [-0.4, -0.2) is 35.1 Å². The summed E-state index contributed by atoms with van der Waals surface area (Å²) in [5.74, 6) is 1.35. The Morgan fingerprint density at radius 2 is 2.05 bits per heavy atom. The number of piperazine rings is 1. The maximum Gasteiger partial charge on any atom is 0.0315 e. The molecular formula is C17H29N3. The lowest BCUT2D eigenvalue weighted by atomic mass is 9.93. The lowest BCUT2D eigenvalue weighted by molar-refractivity contribution is 0.0781. The lowest BCUT2D eigenvalue weighted by Crippen LogP contribution is -2.59. The van der Waals surface area contributed by atoms with E-state index in [-0.39, 0.29) is 0 Å². The molecule has 20 heavy (non-hydrogen) atoms. The molecule has 1 aromatic rings. The third-order valence-corrected chi connectivity index (χ3v) is 4.58. The van der Waals surface area contributed by atoms with Crippen LogP contribution < -0.4 is 5.32 Å². The molecule has 0 radical (unpaired) electrons. The second kappa shape index (κ2) is 6.68. The summed E-state index contributed by atoms with van der Waals surface area (Å²) in [5.41, 5.74) is 2.71. The van der Waals surface area contributed by atoms with Crippen molar-refractivity contribution in [1.82, 2.24) is 15.2 Å². The Bertz CT molecular complexity index is 428. The van der Waals surface area contributed by atoms with Gasteiger partial charge in [0.25, 0.3) is 0 Å². The quantitative estimate of drug-likeness (QED) is 0.916. The number of pyridine rings is 1. The minimum Gasteiger partial charge on any atom is -0.311 e. The third kappa shape index (κ3) is 3.58. The summed E-state index contributed by atoms with van der Waals surface area (Å²) in [5, 5.41) is 3.72. The van der Waals surface area contributed by atoms with Crippen LogP contribution in [0.25, 0.3) is 0 Å². The third-order valence-electron chi connectivity index (χ3n) is 4.58. The van der Waals surface area contributed by atoms with Gasteiger partial charge in [-0.05, 0) is 36.0 Å². The molecule has 0 spiro atoms. The number of nitrogens with zero attached hydrogens (tertiary/aromatic N) is 2. The second-order valence-electron chi connectivity index (χ2n) is 6.80. The largest absolute Gasteiger partial charge is 0.311 e. The molecule has 1 saturated heterocycles. The molecule has 1 aliphatic heterocycles. The fourth-order valence-corrected chi connectivity index (χ4v) is 3.02. The summed E-state index contributed by atoms with van der Waals surface area (Å²) in [6.07, 6.45) is 3.91. The van der Waals surface area contributed by atoms with Crippen LogP contribution in [0.2, 0.25) is 0 Å². The van der Waals surface area contributed by atoms with Crippen LogP contribution in [-0.2, 0) is 6.54 Å². The van der Waals surface area contributed by atoms with Crippen LogP contribution in [0.4, 0.5) is 0 Å². The first-order valence-electron chi connectivity index (χ1n) is 7.86. The number of hydrogen-bond donors (Lipinski definition) is 1. The highest BCUT2D eigenvalue weighted by Crippen LogP contribution is 2.21. The number of aromatic nitrogens is 1. The lowest BCUT2D eigenvalue weighted by Gasteiger charge is -2.44. The van der Waals surface area contributed by atoms with Crippen molar-refractivity contribution < 1.29 is 0 Å². The van der Waals surface area contributed by atoms with Gasteiger partial charge in [-0.25, -0.2) is 0 Å². The molecule has 2 rings (SSSR count). The van der Waals surface area contributed by atoms with Crippen molar-refractivity contribution >= 4 is 0 Å². The summed E-state index contributed by atoms with van der Waals surface area (Å²) in [6, 6.07) is 3.33. The Morgan fingerprint density at radius 1 is 1.30 bits per heavy atom. The first kappa shape index (κ1) is 15.5. The van der Waals surface area contributed by atoms with E-state index in [1.807, 2.05) is 12.4 Å². The average molecular weight is 275 g/mol. The van der Waals surface area contributed by atoms with E-state index in [0.29, 0.717) is 23.9 Å². The maximum absolute atomic E-state index is 4.29. The summed E-state index contributed by atoms with van der Waals surface area (Å²) in [7, 11) is 0. The van der Waals surface area contributed by atoms with Crippen LogP contribution in [0.5, 0.6) is 0 Å². The van der Waals surface area contributed by atoms with Gasteiger partial charge in [0.2, 0.25) is 0 Å². The predicted molar refractivity (Wildman–Crippen MR) is 84.6 cm³/mol. The van der Waals surface area contributed by atoms with E-state index in [9.17, 15) is 0 Å². The monoisotopic (exact) mass is 275 g/mol. The first-order valence-corrected chi connectivity index (χ1v) is 7.86. The highest BCUT2D eigenvalue weighted by atomic mass is 15.2. The zero-order valence-electron chi connectivity index (χ0n) is 13.6. The molecule has 112 valence electrons. The van der Waals surface area contributed by atoms with E-state index in [1.54, 1.807) is 0 Å². The average Bonchev–Trinajstić information content (AvgIpc) is 2.41. The molecule has 0 saturated carbocycles. The zero-order valence-corrected chi connectivity index (χ0v) is 13.6. The SMILES string of the molecule is Cc1ccncc1CN1CC(C(C)C)NCC1C(C)C. The van der Waals surface area contributed by atoms with Crippen molar-refractivity contribution in [2.24, 2.45) is 11.8 Å². The smallest absolute Gasteiger partial charge is 0.0315 e. The summed E-state index contributed by atoms with van der Waals surface area (Å²) < 4.78 is 0. The minimum atomic E-state index is 0.599. The van der Waals surface area contributed by atoms with Gasteiger partial charge >= 0.3 is 0 Å². The summed E-state index contributed by atoms with van der Waals surface area (Å²) in [6.45, 7) is 14.7. The van der Waals surface area contributed by atoms with Crippen molar-refractivity contribution in [3.8, 4) is 0 Å². The molecule has 3 heteroatoms. The van der Waals surface area contributed by atoms with E-state index in [1.165, 1.54) is 11.1 Å². The number of nitrogens with one attached hydrogen (secondary N) is 1. The fraction of sp³-hybridized carbons (Fsp3) is 0.706. The van der Waals surface area contributed by atoms with Gasteiger partial charge in [0.15, 0.2) is 0 Å². The molecule has 2 atom stereocenters. The minimum absolute atomic E-state index is 0.599.